The Kier molecular flexibility index (Phi) is 4.51. The van der Waals surface area contributed by atoms with Gasteiger partial charge in [0.25, 0.3) is 7.37 Å². The molecule has 0 spiro atoms. The predicted molar refractivity (Wildman–Crippen MR) is 79.0 cm³/mol. The maximum Gasteiger partial charge on any atom is 0.266 e. The highest BCUT2D eigenvalue weighted by Crippen LogP contribution is 2.53. The van der Waals surface area contributed by atoms with Gasteiger partial charge in [-0.05, 0) is 31.9 Å². The molecule has 0 saturated carbocycles. The highest BCUT2D eigenvalue weighted by atomic mass is 31.2. The van der Waals surface area contributed by atoms with E-state index in [4.69, 9.17) is 10.3 Å². The van der Waals surface area contributed by atoms with Crippen LogP contribution >= 0.6 is 7.37 Å². The van der Waals surface area contributed by atoms with Crippen LogP contribution in [0.4, 0.5) is 0 Å². The number of carbonyl (C=O) groups excluding carboxylic acids is 1. The van der Waals surface area contributed by atoms with Crippen molar-refractivity contribution < 1.29 is 13.9 Å². The van der Waals surface area contributed by atoms with E-state index in [1.165, 1.54) is 0 Å². The SMILES string of the molecule is CC(N)C(=O)N1CCCC1P(C)(=O)Oc1ccccc1. The number of amides is 1. The third-order valence-corrected chi connectivity index (χ3v) is 5.66. The molecule has 3 unspecified atom stereocenters. The molecule has 3 atom stereocenters. The standard InChI is InChI=1S/C14H21N2O3P/c1-11(15)14(17)16-10-6-9-13(16)20(2,18)19-12-7-4-3-5-8-12/h3-5,7-8,11,13H,6,9-10,15H2,1-2H3. The number of hydrogen-bond acceptors (Lipinski definition) is 4. The average Bonchev–Trinajstić information content (AvgIpc) is 2.88. The van der Waals surface area contributed by atoms with Gasteiger partial charge in [-0.2, -0.15) is 0 Å². The van der Waals surface area contributed by atoms with Gasteiger partial charge in [-0.15, -0.1) is 0 Å². The van der Waals surface area contributed by atoms with Crippen molar-refractivity contribution in [1.29, 1.82) is 0 Å². The molecule has 6 heteroatoms. The summed E-state index contributed by atoms with van der Waals surface area (Å²) in [7, 11) is -2.96. The number of rotatable bonds is 4. The lowest BCUT2D eigenvalue weighted by Gasteiger charge is -2.30. The predicted octanol–water partition coefficient (Wildman–Crippen LogP) is 2.27. The first-order valence-corrected chi connectivity index (χ1v) is 8.94. The Hall–Kier alpha value is -1.32. The van der Waals surface area contributed by atoms with Crippen LogP contribution in [0, 0.1) is 0 Å². The smallest absolute Gasteiger partial charge is 0.266 e. The first-order valence-electron chi connectivity index (χ1n) is 6.80. The fraction of sp³-hybridized carbons (Fsp3) is 0.500. The molecular formula is C14H21N2O3P. The molecule has 110 valence electrons. The van der Waals surface area contributed by atoms with Crippen LogP contribution in [0.3, 0.4) is 0 Å². The van der Waals surface area contributed by atoms with Crippen LogP contribution in [-0.2, 0) is 9.36 Å². The number of nitrogens with zero attached hydrogens (tertiary/aromatic N) is 1. The second-order valence-electron chi connectivity index (χ2n) is 5.26. The summed E-state index contributed by atoms with van der Waals surface area (Å²) < 4.78 is 18.5. The van der Waals surface area contributed by atoms with Crippen LogP contribution in [0.2, 0.25) is 0 Å². The highest BCUT2D eigenvalue weighted by Gasteiger charge is 2.41. The van der Waals surface area contributed by atoms with E-state index in [2.05, 4.69) is 0 Å². The molecule has 0 radical (unpaired) electrons. The Bertz CT molecular complexity index is 518. The quantitative estimate of drug-likeness (QED) is 0.865. The van der Waals surface area contributed by atoms with Crippen LogP contribution < -0.4 is 10.3 Å². The second kappa shape index (κ2) is 5.98. The molecule has 1 saturated heterocycles. The zero-order chi connectivity index (χ0) is 14.8. The van der Waals surface area contributed by atoms with E-state index < -0.39 is 13.4 Å². The number of likely N-dealkylation sites (tertiary alicyclic amines) is 1. The molecule has 5 nitrogen and oxygen atoms in total. The summed E-state index contributed by atoms with van der Waals surface area (Å²) in [5.41, 5.74) is 5.65. The van der Waals surface area contributed by atoms with Crippen molar-refractivity contribution >= 4 is 13.3 Å². The number of hydrogen-bond donors (Lipinski definition) is 1. The van der Waals surface area contributed by atoms with Gasteiger partial charge in [-0.3, -0.25) is 9.36 Å². The van der Waals surface area contributed by atoms with Gasteiger partial charge in [0.2, 0.25) is 5.91 Å². The minimum absolute atomic E-state index is 0.161. The Morgan fingerprint density at radius 3 is 2.70 bits per heavy atom. The van der Waals surface area contributed by atoms with E-state index in [-0.39, 0.29) is 11.7 Å². The number of para-hydroxylation sites is 1. The summed E-state index contributed by atoms with van der Waals surface area (Å²) in [6.07, 6.45) is 1.53. The van der Waals surface area contributed by atoms with Crippen molar-refractivity contribution in [2.45, 2.75) is 31.6 Å². The largest absolute Gasteiger partial charge is 0.442 e. The first kappa shape index (κ1) is 15.1. The van der Waals surface area contributed by atoms with Crippen molar-refractivity contribution in [3.8, 4) is 5.75 Å². The summed E-state index contributed by atoms with van der Waals surface area (Å²) in [4.78, 5) is 13.7. The van der Waals surface area contributed by atoms with Crippen LogP contribution in [0.15, 0.2) is 30.3 Å². The monoisotopic (exact) mass is 296 g/mol. The average molecular weight is 296 g/mol. The summed E-state index contributed by atoms with van der Waals surface area (Å²) in [6.45, 7) is 3.84. The molecule has 1 heterocycles. The second-order valence-corrected chi connectivity index (χ2v) is 7.85. The molecule has 1 amide bonds. The number of nitrogens with two attached hydrogens (primary N) is 1. The van der Waals surface area contributed by atoms with Gasteiger partial charge in [-0.25, -0.2) is 0 Å². The molecule has 1 fully saturated rings. The summed E-state index contributed by atoms with van der Waals surface area (Å²) in [5.74, 6) is 0.0332. The number of benzene rings is 1. The van der Waals surface area contributed by atoms with Gasteiger partial charge >= 0.3 is 0 Å². The molecule has 1 aromatic carbocycles. The normalized spacial score (nSPS) is 23.1. The lowest BCUT2D eigenvalue weighted by atomic mass is 10.3. The maximum absolute atomic E-state index is 12.9. The molecule has 0 aromatic heterocycles. The van der Waals surface area contributed by atoms with E-state index >= 15 is 0 Å². The minimum Gasteiger partial charge on any atom is -0.442 e. The van der Waals surface area contributed by atoms with E-state index in [0.29, 0.717) is 18.7 Å². The van der Waals surface area contributed by atoms with Crippen LogP contribution in [0.1, 0.15) is 19.8 Å². The van der Waals surface area contributed by atoms with Gasteiger partial charge < -0.3 is 15.2 Å². The van der Waals surface area contributed by atoms with Gasteiger partial charge in [0.1, 0.15) is 11.5 Å². The van der Waals surface area contributed by atoms with Gasteiger partial charge in [0, 0.05) is 13.2 Å². The van der Waals surface area contributed by atoms with Crippen molar-refractivity contribution in [3.05, 3.63) is 30.3 Å². The zero-order valence-corrected chi connectivity index (χ0v) is 12.8. The van der Waals surface area contributed by atoms with E-state index in [9.17, 15) is 9.36 Å². The summed E-state index contributed by atoms with van der Waals surface area (Å²) >= 11 is 0. The molecule has 0 bridgehead atoms. The molecular weight excluding hydrogens is 275 g/mol. The van der Waals surface area contributed by atoms with Crippen molar-refractivity contribution in [2.24, 2.45) is 5.73 Å². The maximum atomic E-state index is 12.9. The van der Waals surface area contributed by atoms with Gasteiger partial charge in [0.05, 0.1) is 6.04 Å². The van der Waals surface area contributed by atoms with E-state index in [1.807, 2.05) is 18.2 Å². The summed E-state index contributed by atoms with van der Waals surface area (Å²) in [6, 6.07) is 8.48. The molecule has 1 aliphatic rings. The van der Waals surface area contributed by atoms with Gasteiger partial charge in [-0.1, -0.05) is 18.2 Å². The molecule has 0 aliphatic carbocycles. The fourth-order valence-corrected chi connectivity index (χ4v) is 4.56. The third-order valence-electron chi connectivity index (χ3n) is 3.46. The molecule has 2 rings (SSSR count). The van der Waals surface area contributed by atoms with Crippen LogP contribution in [-0.4, -0.2) is 35.8 Å². The summed E-state index contributed by atoms with van der Waals surface area (Å²) in [5, 5.41) is 0. The van der Waals surface area contributed by atoms with Crippen LogP contribution in [0.25, 0.3) is 0 Å². The van der Waals surface area contributed by atoms with E-state index in [1.54, 1.807) is 30.6 Å². The molecule has 2 N–H and O–H groups in total. The van der Waals surface area contributed by atoms with E-state index in [0.717, 1.165) is 6.42 Å². The lowest BCUT2D eigenvalue weighted by molar-refractivity contribution is -0.131. The number of carbonyl (C=O) groups is 1. The van der Waals surface area contributed by atoms with Crippen molar-refractivity contribution in [3.63, 3.8) is 0 Å². The van der Waals surface area contributed by atoms with Crippen LogP contribution in [0.5, 0.6) is 5.75 Å². The molecule has 1 aliphatic heterocycles. The van der Waals surface area contributed by atoms with Crippen molar-refractivity contribution in [1.82, 2.24) is 4.90 Å². The topological polar surface area (TPSA) is 72.6 Å². The third kappa shape index (κ3) is 3.22. The first-order chi connectivity index (χ1) is 9.42. The Labute approximate surface area is 119 Å². The minimum atomic E-state index is -2.96. The van der Waals surface area contributed by atoms with Gasteiger partial charge in [0.15, 0.2) is 0 Å². The Morgan fingerprint density at radius 2 is 2.10 bits per heavy atom. The lowest BCUT2D eigenvalue weighted by Crippen LogP contribution is -2.44. The Morgan fingerprint density at radius 1 is 1.45 bits per heavy atom. The van der Waals surface area contributed by atoms with Crippen molar-refractivity contribution in [2.75, 3.05) is 13.2 Å². The Balaban J connectivity index is 2.16. The highest BCUT2D eigenvalue weighted by molar-refractivity contribution is 7.59. The fourth-order valence-electron chi connectivity index (χ4n) is 2.51. The molecule has 20 heavy (non-hydrogen) atoms. The molecule has 1 aromatic rings. The zero-order valence-electron chi connectivity index (χ0n) is 11.9.